The lowest BCUT2D eigenvalue weighted by molar-refractivity contribution is -0.125. The van der Waals surface area contributed by atoms with E-state index in [2.05, 4.69) is 39.1 Å². The molecule has 1 saturated heterocycles. The van der Waals surface area contributed by atoms with Crippen molar-refractivity contribution in [2.75, 3.05) is 58.7 Å². The zero-order valence-electron chi connectivity index (χ0n) is 38.0. The van der Waals surface area contributed by atoms with Crippen LogP contribution in [-0.2, 0) is 11.8 Å². The number of amides is 2. The predicted octanol–water partition coefficient (Wildman–Crippen LogP) is 7.04. The van der Waals surface area contributed by atoms with Gasteiger partial charge in [-0.2, -0.15) is 5.10 Å². The van der Waals surface area contributed by atoms with E-state index in [1.165, 1.54) is 44.9 Å². The van der Waals surface area contributed by atoms with Gasteiger partial charge in [-0.25, -0.2) is 10.0 Å². The van der Waals surface area contributed by atoms with Gasteiger partial charge < -0.3 is 25.7 Å². The van der Waals surface area contributed by atoms with Gasteiger partial charge in [0.15, 0.2) is 5.84 Å². The van der Waals surface area contributed by atoms with Gasteiger partial charge in [0, 0.05) is 81.8 Å². The maximum Gasteiger partial charge on any atom is 0.272 e. The van der Waals surface area contributed by atoms with Crippen LogP contribution in [-0.4, -0.2) is 115 Å². The molecule has 4 N–H and O–H groups in total. The van der Waals surface area contributed by atoms with Crippen LogP contribution in [0.2, 0.25) is 0 Å². The molecule has 1 aromatic heterocycles. The summed E-state index contributed by atoms with van der Waals surface area (Å²) in [5.41, 5.74) is 11.2. The van der Waals surface area contributed by atoms with Crippen LogP contribution >= 0.6 is 0 Å². The number of rotatable bonds is 14. The summed E-state index contributed by atoms with van der Waals surface area (Å²) >= 11 is 0. The first-order valence-corrected chi connectivity index (χ1v) is 23.7. The Balaban J connectivity index is 0.764. The molecule has 6 fully saturated rings. The molecule has 5 aliphatic carbocycles. The number of carbonyl (C=O) groups excluding carboxylic acids is 2. The zero-order chi connectivity index (χ0) is 43.8. The summed E-state index contributed by atoms with van der Waals surface area (Å²) in [7, 11) is 5.25. The number of nitrogens with two attached hydrogens (primary N) is 1. The number of hydrazone groups is 1. The Labute approximate surface area is 373 Å². The average Bonchev–Trinajstić information content (AvgIpc) is 3.86. The van der Waals surface area contributed by atoms with Crippen molar-refractivity contribution >= 4 is 46.7 Å². The first kappa shape index (κ1) is 43.3. The molecular weight excluding hydrogens is 789 g/mol. The van der Waals surface area contributed by atoms with Crippen molar-refractivity contribution < 1.29 is 14.3 Å². The second-order valence-electron chi connectivity index (χ2n) is 19.8. The van der Waals surface area contributed by atoms with Gasteiger partial charge in [-0.1, -0.05) is 31.2 Å². The Morgan fingerprint density at radius 3 is 2.30 bits per heavy atom. The minimum atomic E-state index is -0.232. The molecule has 13 nitrogen and oxygen atoms in total. The number of aromatic nitrogens is 1. The van der Waals surface area contributed by atoms with E-state index in [0.29, 0.717) is 45.7 Å². The zero-order valence-corrected chi connectivity index (χ0v) is 38.0. The van der Waals surface area contributed by atoms with Gasteiger partial charge in [-0.3, -0.25) is 24.4 Å². The third-order valence-corrected chi connectivity index (χ3v) is 15.8. The normalized spacial score (nSPS) is 29.2. The summed E-state index contributed by atoms with van der Waals surface area (Å²) in [6.07, 6.45) is 15.1. The molecule has 4 bridgehead atoms. The van der Waals surface area contributed by atoms with E-state index in [9.17, 15) is 9.59 Å². The van der Waals surface area contributed by atoms with Crippen molar-refractivity contribution in [3.05, 3.63) is 71.2 Å². The van der Waals surface area contributed by atoms with E-state index in [0.717, 1.165) is 106 Å². The smallest absolute Gasteiger partial charge is 0.272 e. The number of amidine groups is 1. The van der Waals surface area contributed by atoms with Crippen molar-refractivity contribution in [3.63, 3.8) is 0 Å². The molecule has 2 aromatic carbocycles. The van der Waals surface area contributed by atoms with Crippen LogP contribution < -0.4 is 21.1 Å². The third-order valence-electron chi connectivity index (χ3n) is 15.8. The van der Waals surface area contributed by atoms with Crippen LogP contribution in [0.3, 0.4) is 0 Å². The minimum Gasteiger partial charge on any atom is -0.495 e. The van der Waals surface area contributed by atoms with E-state index < -0.39 is 0 Å². The number of hydrogen-bond donors (Lipinski definition) is 3. The highest BCUT2D eigenvalue weighted by Crippen LogP contribution is 2.61. The highest BCUT2D eigenvalue weighted by atomic mass is 16.5. The molecule has 7 aliphatic rings. The first-order valence-electron chi connectivity index (χ1n) is 23.7. The molecule has 336 valence electrons. The first-order chi connectivity index (χ1) is 30.5. The second-order valence-corrected chi connectivity index (χ2v) is 19.8. The monoisotopic (exact) mass is 857 g/mol. The number of anilines is 1. The summed E-state index contributed by atoms with van der Waals surface area (Å²) < 4.78 is 7.71. The summed E-state index contributed by atoms with van der Waals surface area (Å²) in [4.78, 5) is 40.6. The summed E-state index contributed by atoms with van der Waals surface area (Å²) in [5, 5.41) is 14.6. The van der Waals surface area contributed by atoms with Crippen molar-refractivity contribution in [1.82, 2.24) is 24.7 Å². The molecule has 2 aliphatic heterocycles. The molecule has 63 heavy (non-hydrogen) atoms. The molecule has 3 aromatic rings. The fourth-order valence-corrected chi connectivity index (χ4v) is 12.8. The Bertz CT molecular complexity index is 2260. The standard InChI is InChI=1S/C50H68N10O3/c1-32(16-17-50-29-33-24-34(30-50)26-35(25-33)31-50)48(61)54-18-19-58-20-22-59(23-21-58)38-11-13-39(14-12-38)60-47(53-3)44(46(51)52-2)45(56-60)37-10-15-40(43(28-37)63-5)55-49(62)42-27-36-8-6-7-9-41(36)57(42)4/h6-10,15,27-28,32-35,38-39H,2,11-14,16-26,29-31,51H2,1,3-5H3,(H,54,61)(H,55,62)/b46-44-,53-47+/t32-,33?,34?,35?,38?,39?,50?/m0/s1. The maximum absolute atomic E-state index is 13.5. The van der Waals surface area contributed by atoms with Gasteiger partial charge in [0.1, 0.15) is 23.0 Å². The number of para-hydroxylation sites is 1. The van der Waals surface area contributed by atoms with E-state index in [-0.39, 0.29) is 29.6 Å². The topological polar surface area (TPSA) is 145 Å². The lowest BCUT2D eigenvalue weighted by Gasteiger charge is -2.57. The van der Waals surface area contributed by atoms with Crippen molar-refractivity contribution in [2.45, 2.75) is 96.1 Å². The van der Waals surface area contributed by atoms with Crippen molar-refractivity contribution in [1.29, 1.82) is 0 Å². The van der Waals surface area contributed by atoms with Crippen LogP contribution in [0.25, 0.3) is 10.9 Å². The number of benzene rings is 2. The minimum absolute atomic E-state index is 0.0964. The van der Waals surface area contributed by atoms with Gasteiger partial charge >= 0.3 is 0 Å². The van der Waals surface area contributed by atoms with Crippen LogP contribution in [0.15, 0.2) is 75.0 Å². The summed E-state index contributed by atoms with van der Waals surface area (Å²) in [5.74, 6) is 4.46. The van der Waals surface area contributed by atoms with E-state index in [1.54, 1.807) is 14.2 Å². The van der Waals surface area contributed by atoms with Gasteiger partial charge in [0.25, 0.3) is 5.91 Å². The van der Waals surface area contributed by atoms with Crippen molar-refractivity contribution in [3.8, 4) is 5.75 Å². The quantitative estimate of drug-likeness (QED) is 0.148. The van der Waals surface area contributed by atoms with Crippen LogP contribution in [0.5, 0.6) is 5.75 Å². The molecule has 10 rings (SSSR count). The van der Waals surface area contributed by atoms with Gasteiger partial charge in [0.05, 0.1) is 24.4 Å². The van der Waals surface area contributed by atoms with Gasteiger partial charge in [0.2, 0.25) is 5.91 Å². The fraction of sp³-hybridized carbons (Fsp3) is 0.580. The number of fused-ring (bicyclic) bond motifs is 1. The van der Waals surface area contributed by atoms with E-state index >= 15 is 0 Å². The van der Waals surface area contributed by atoms with Gasteiger partial charge in [-0.05, 0) is 131 Å². The lowest BCUT2D eigenvalue weighted by Crippen LogP contribution is -2.53. The number of nitrogens with zero attached hydrogens (tertiary/aromatic N) is 7. The van der Waals surface area contributed by atoms with Crippen LogP contribution in [0.4, 0.5) is 5.69 Å². The number of ether oxygens (including phenoxy) is 1. The number of piperazine rings is 1. The molecule has 0 radical (unpaired) electrons. The Kier molecular flexibility index (Phi) is 12.5. The second kappa shape index (κ2) is 18.2. The third kappa shape index (κ3) is 8.79. The number of aliphatic imine (C=N–C) groups is 2. The summed E-state index contributed by atoms with van der Waals surface area (Å²) in [6, 6.07) is 16.1. The van der Waals surface area contributed by atoms with Gasteiger partial charge in [-0.15, -0.1) is 0 Å². The summed E-state index contributed by atoms with van der Waals surface area (Å²) in [6.45, 7) is 11.7. The SMILES string of the molecule is C=N/C(N)=C1/C(c2ccc(NC(=O)c3cc4ccccc4n3C)c(OC)c2)=NN(C2CCC(N3CCN(CCNC(=O)[C@@H](C)CCC45CC6CC(CC(C6)C4)C5)CC3)CC2)/C1=N/C. The van der Waals surface area contributed by atoms with Crippen LogP contribution in [0, 0.1) is 29.1 Å². The molecule has 3 heterocycles. The van der Waals surface area contributed by atoms with Crippen molar-refractivity contribution in [2.24, 2.45) is 57.0 Å². The molecule has 13 heteroatoms. The molecule has 5 saturated carbocycles. The molecule has 1 atom stereocenters. The number of nitrogens with one attached hydrogen (secondary N) is 2. The molecule has 0 spiro atoms. The number of carbonyl (C=O) groups is 2. The van der Waals surface area contributed by atoms with Crippen LogP contribution in [0.1, 0.15) is 100 Å². The van der Waals surface area contributed by atoms with E-state index in [1.807, 2.05) is 65.2 Å². The Morgan fingerprint density at radius 2 is 1.65 bits per heavy atom. The fourth-order valence-electron chi connectivity index (χ4n) is 12.8. The Morgan fingerprint density at radius 1 is 0.968 bits per heavy atom. The number of aryl methyl sites for hydroxylation is 1. The largest absolute Gasteiger partial charge is 0.495 e. The molecular formula is C50H68N10O3. The highest BCUT2D eigenvalue weighted by molar-refractivity contribution is 6.33. The predicted molar refractivity (Wildman–Crippen MR) is 252 cm³/mol. The highest BCUT2D eigenvalue weighted by Gasteiger charge is 2.50. The Hall–Kier alpha value is -5.01. The molecule has 0 unspecified atom stereocenters. The lowest BCUT2D eigenvalue weighted by atomic mass is 9.48. The molecule has 2 amide bonds. The number of methoxy groups -OCH3 is 1. The average molecular weight is 857 g/mol. The maximum atomic E-state index is 13.5. The van der Waals surface area contributed by atoms with E-state index in [4.69, 9.17) is 20.6 Å². The number of hydrogen-bond acceptors (Lipinski definition) is 9.